The number of hydrogen-bond acceptors (Lipinski definition) is 2. The van der Waals surface area contributed by atoms with Gasteiger partial charge in [-0.2, -0.15) is 0 Å². The monoisotopic (exact) mass is 164 g/mol. The van der Waals surface area contributed by atoms with Gasteiger partial charge in [0, 0.05) is 6.07 Å². The first-order valence-electron chi connectivity index (χ1n) is 3.36. The van der Waals surface area contributed by atoms with Gasteiger partial charge in [-0.05, 0) is 12.1 Å². The summed E-state index contributed by atoms with van der Waals surface area (Å²) in [5.41, 5.74) is 4.08. The van der Waals surface area contributed by atoms with Crippen LogP contribution in [0.1, 0.15) is 0 Å². The normalized spacial score (nSPS) is 10.6. The fourth-order valence-electron chi connectivity index (χ4n) is 0.999. The number of quaternary nitrogens is 1. The number of hydrogen-bond donors (Lipinski definition) is 1. The van der Waals surface area contributed by atoms with Crippen LogP contribution < -0.4 is 5.32 Å². The lowest BCUT2D eigenvalue weighted by Gasteiger charge is -1.96. The highest BCUT2D eigenvalue weighted by molar-refractivity contribution is 7.16. The minimum Gasteiger partial charge on any atom is -0.446 e. The highest BCUT2D eigenvalue weighted by Crippen LogP contribution is 2.19. The fourth-order valence-corrected chi connectivity index (χ4v) is 1.72. The highest BCUT2D eigenvalue weighted by atomic mass is 32.1. The van der Waals surface area contributed by atoms with Crippen molar-refractivity contribution in [2.45, 2.75) is 0 Å². The quantitative estimate of drug-likeness (QED) is 0.499. The van der Waals surface area contributed by atoms with Crippen LogP contribution in [0.15, 0.2) is 23.7 Å². The molecule has 1 aromatic carbocycles. The molecule has 0 amide bonds. The van der Waals surface area contributed by atoms with E-state index in [1.165, 1.54) is 4.70 Å². The van der Waals surface area contributed by atoms with Crippen LogP contribution in [0.5, 0.6) is 0 Å². The molecule has 56 valence electrons. The van der Waals surface area contributed by atoms with Crippen molar-refractivity contribution in [3.05, 3.63) is 30.8 Å². The number of rotatable bonds is 1. The van der Waals surface area contributed by atoms with E-state index in [9.17, 15) is 0 Å². The van der Waals surface area contributed by atoms with E-state index in [0.29, 0.717) is 0 Å². The van der Waals surface area contributed by atoms with Crippen molar-refractivity contribution in [1.82, 2.24) is 4.98 Å². The number of nitrogens with zero attached hydrogens (tertiary/aromatic N) is 1. The standard InChI is InChI=1S/C8H8N2S/c1-9-6-2-3-7-8(4-6)11-5-10-7/h2-5H,1,9H2. The van der Waals surface area contributed by atoms with Crippen LogP contribution in [0.25, 0.3) is 10.2 Å². The third-order valence-electron chi connectivity index (χ3n) is 1.59. The van der Waals surface area contributed by atoms with Crippen LogP contribution in [0.3, 0.4) is 0 Å². The van der Waals surface area contributed by atoms with E-state index in [0.717, 1.165) is 11.2 Å². The van der Waals surface area contributed by atoms with Crippen molar-refractivity contribution in [2.24, 2.45) is 0 Å². The first-order chi connectivity index (χ1) is 5.40. The summed E-state index contributed by atoms with van der Waals surface area (Å²) in [6.45, 7) is 0. The average molecular weight is 164 g/mol. The SMILES string of the molecule is [CH2-][NH2+]c1ccc2ncsc2c1. The van der Waals surface area contributed by atoms with Crippen LogP contribution in [0.2, 0.25) is 0 Å². The van der Waals surface area contributed by atoms with Crippen molar-refractivity contribution in [1.29, 1.82) is 0 Å². The van der Waals surface area contributed by atoms with Crippen LogP contribution in [-0.4, -0.2) is 4.98 Å². The molecule has 0 atom stereocenters. The van der Waals surface area contributed by atoms with Gasteiger partial charge < -0.3 is 5.32 Å². The highest BCUT2D eigenvalue weighted by Gasteiger charge is 1.96. The summed E-state index contributed by atoms with van der Waals surface area (Å²) in [6.07, 6.45) is 0. The lowest BCUT2D eigenvalue weighted by atomic mass is 10.3. The molecule has 11 heavy (non-hydrogen) atoms. The Morgan fingerprint density at radius 1 is 1.45 bits per heavy atom. The molecule has 0 aliphatic heterocycles. The van der Waals surface area contributed by atoms with Gasteiger partial charge in [0.15, 0.2) is 0 Å². The zero-order chi connectivity index (χ0) is 7.68. The van der Waals surface area contributed by atoms with Gasteiger partial charge in [-0.15, -0.1) is 18.4 Å². The zero-order valence-electron chi connectivity index (χ0n) is 5.95. The first-order valence-corrected chi connectivity index (χ1v) is 4.24. The summed E-state index contributed by atoms with van der Waals surface area (Å²) in [4.78, 5) is 4.18. The Morgan fingerprint density at radius 3 is 3.18 bits per heavy atom. The van der Waals surface area contributed by atoms with Gasteiger partial charge in [0.05, 0.1) is 15.7 Å². The Hall–Kier alpha value is -0.930. The molecule has 0 fully saturated rings. The topological polar surface area (TPSA) is 29.5 Å². The molecule has 0 bridgehead atoms. The number of fused-ring (bicyclic) bond motifs is 1. The van der Waals surface area contributed by atoms with Gasteiger partial charge in [-0.3, -0.25) is 0 Å². The second kappa shape index (κ2) is 2.60. The van der Waals surface area contributed by atoms with Crippen molar-refractivity contribution in [2.75, 3.05) is 0 Å². The summed E-state index contributed by atoms with van der Waals surface area (Å²) in [6, 6.07) is 6.14. The molecule has 2 aromatic rings. The van der Waals surface area contributed by atoms with Crippen LogP contribution in [0.4, 0.5) is 5.69 Å². The fraction of sp³-hybridized carbons (Fsp3) is 0. The van der Waals surface area contributed by atoms with Gasteiger partial charge in [0.1, 0.15) is 5.69 Å². The first kappa shape index (κ1) is 6.76. The van der Waals surface area contributed by atoms with Crippen molar-refractivity contribution >= 4 is 27.2 Å². The molecule has 1 aromatic heterocycles. The van der Waals surface area contributed by atoms with Crippen LogP contribution in [-0.2, 0) is 0 Å². The number of benzene rings is 1. The number of nitrogens with two attached hydrogens (primary N) is 1. The molecule has 0 unspecified atom stereocenters. The zero-order valence-corrected chi connectivity index (χ0v) is 6.77. The molecule has 0 saturated heterocycles. The lowest BCUT2D eigenvalue weighted by molar-refractivity contribution is -0.504. The van der Waals surface area contributed by atoms with Gasteiger partial charge in [-0.1, -0.05) is 0 Å². The molecule has 0 aliphatic rings. The number of thiazole rings is 1. The van der Waals surface area contributed by atoms with Gasteiger partial charge in [-0.25, -0.2) is 4.98 Å². The summed E-state index contributed by atoms with van der Waals surface area (Å²) < 4.78 is 1.22. The second-order valence-electron chi connectivity index (χ2n) is 2.28. The van der Waals surface area contributed by atoms with E-state index in [-0.39, 0.29) is 0 Å². The summed E-state index contributed by atoms with van der Waals surface area (Å²) in [7, 11) is 3.71. The third kappa shape index (κ3) is 1.13. The molecule has 2 N–H and O–H groups in total. The molecular formula is C8H8N2S. The maximum absolute atomic E-state index is 4.18. The van der Waals surface area contributed by atoms with Gasteiger partial charge >= 0.3 is 0 Å². The molecule has 2 rings (SSSR count). The Balaban J connectivity index is 2.67. The molecule has 0 saturated carbocycles. The molecule has 0 spiro atoms. The van der Waals surface area contributed by atoms with Crippen molar-refractivity contribution in [3.8, 4) is 0 Å². The second-order valence-corrected chi connectivity index (χ2v) is 3.17. The van der Waals surface area contributed by atoms with E-state index in [1.54, 1.807) is 11.3 Å². The van der Waals surface area contributed by atoms with Crippen molar-refractivity contribution in [3.63, 3.8) is 0 Å². The summed E-state index contributed by atoms with van der Waals surface area (Å²) in [5.74, 6) is 0. The maximum Gasteiger partial charge on any atom is 0.104 e. The average Bonchev–Trinajstić information content (AvgIpc) is 2.50. The lowest BCUT2D eigenvalue weighted by Crippen LogP contribution is -2.69. The predicted molar refractivity (Wildman–Crippen MR) is 46.6 cm³/mol. The van der Waals surface area contributed by atoms with E-state index in [1.807, 2.05) is 23.0 Å². The van der Waals surface area contributed by atoms with E-state index in [2.05, 4.69) is 18.1 Å². The van der Waals surface area contributed by atoms with Crippen molar-refractivity contribution < 1.29 is 5.32 Å². The van der Waals surface area contributed by atoms with E-state index < -0.39 is 0 Å². The Morgan fingerprint density at radius 2 is 2.36 bits per heavy atom. The van der Waals surface area contributed by atoms with E-state index in [4.69, 9.17) is 0 Å². The molecule has 2 nitrogen and oxygen atoms in total. The van der Waals surface area contributed by atoms with Crippen LogP contribution >= 0.6 is 11.3 Å². The maximum atomic E-state index is 4.18. The predicted octanol–water partition coefficient (Wildman–Crippen LogP) is 1.28. The Kier molecular flexibility index (Phi) is 1.60. The Labute approximate surface area is 68.9 Å². The van der Waals surface area contributed by atoms with Crippen LogP contribution in [0, 0.1) is 7.05 Å². The summed E-state index contributed by atoms with van der Waals surface area (Å²) in [5, 5.41) is 1.85. The number of aromatic nitrogens is 1. The largest absolute Gasteiger partial charge is 0.446 e. The third-order valence-corrected chi connectivity index (χ3v) is 2.38. The molecule has 0 radical (unpaired) electrons. The molecule has 3 heteroatoms. The van der Waals surface area contributed by atoms with Gasteiger partial charge in [0.2, 0.25) is 0 Å². The molecule has 1 heterocycles. The summed E-state index contributed by atoms with van der Waals surface area (Å²) >= 11 is 1.66. The Bertz CT molecular complexity index is 367. The minimum atomic E-state index is 1.07. The minimum absolute atomic E-state index is 1.07. The molecular weight excluding hydrogens is 156 g/mol. The smallest absolute Gasteiger partial charge is 0.104 e. The van der Waals surface area contributed by atoms with E-state index >= 15 is 0 Å². The molecule has 0 aliphatic carbocycles. The van der Waals surface area contributed by atoms with Gasteiger partial charge in [0.25, 0.3) is 0 Å².